The molecular formula is C8H8BrClO. The number of aliphatic hydroxyl groups is 1. The van der Waals surface area contributed by atoms with Crippen molar-refractivity contribution in [1.29, 1.82) is 0 Å². The van der Waals surface area contributed by atoms with E-state index in [4.69, 9.17) is 16.7 Å². The number of halogens is 2. The lowest BCUT2D eigenvalue weighted by molar-refractivity contribution is 0.281. The van der Waals surface area contributed by atoms with Crippen LogP contribution in [0.25, 0.3) is 0 Å². The quantitative estimate of drug-likeness (QED) is 0.793. The molecular weight excluding hydrogens is 227 g/mol. The first kappa shape index (κ1) is 9.04. The highest BCUT2D eigenvalue weighted by Crippen LogP contribution is 2.27. The number of rotatable bonds is 1. The Labute approximate surface area is 79.1 Å². The van der Waals surface area contributed by atoms with Crippen LogP contribution in [0.2, 0.25) is 5.02 Å². The van der Waals surface area contributed by atoms with E-state index in [0.29, 0.717) is 5.02 Å². The predicted octanol–water partition coefficient (Wildman–Crippen LogP) is 2.90. The Kier molecular flexibility index (Phi) is 2.93. The highest BCUT2D eigenvalue weighted by molar-refractivity contribution is 9.10. The monoisotopic (exact) mass is 234 g/mol. The van der Waals surface area contributed by atoms with Crippen LogP contribution in [-0.4, -0.2) is 5.11 Å². The average molecular weight is 236 g/mol. The average Bonchev–Trinajstić information content (AvgIpc) is 2.01. The number of aliphatic hydroxyl groups excluding tert-OH is 1. The van der Waals surface area contributed by atoms with Gasteiger partial charge < -0.3 is 5.11 Å². The molecule has 0 aliphatic rings. The predicted molar refractivity (Wildman–Crippen MR) is 49.8 cm³/mol. The third kappa shape index (κ3) is 1.75. The van der Waals surface area contributed by atoms with Gasteiger partial charge in [0.25, 0.3) is 0 Å². The van der Waals surface area contributed by atoms with Gasteiger partial charge in [0, 0.05) is 4.47 Å². The molecule has 11 heavy (non-hydrogen) atoms. The summed E-state index contributed by atoms with van der Waals surface area (Å²) in [5, 5.41) is 9.54. The van der Waals surface area contributed by atoms with Crippen LogP contribution in [0.3, 0.4) is 0 Å². The standard InChI is InChI=1S/C8H8BrClO/c1-5-6(4-11)2-3-7(9)8(5)10/h2-3,11H,4H2,1H3. The molecule has 1 nitrogen and oxygen atoms in total. The first-order valence-corrected chi connectivity index (χ1v) is 4.38. The van der Waals surface area contributed by atoms with Gasteiger partial charge in [0.1, 0.15) is 0 Å². The second-order valence-corrected chi connectivity index (χ2v) is 3.54. The molecule has 0 aliphatic carbocycles. The fraction of sp³-hybridized carbons (Fsp3) is 0.250. The zero-order valence-electron chi connectivity index (χ0n) is 6.06. The van der Waals surface area contributed by atoms with E-state index in [9.17, 15) is 0 Å². The van der Waals surface area contributed by atoms with Crippen molar-refractivity contribution in [2.75, 3.05) is 0 Å². The summed E-state index contributed by atoms with van der Waals surface area (Å²) < 4.78 is 0.869. The van der Waals surface area contributed by atoms with Crippen molar-refractivity contribution in [3.63, 3.8) is 0 Å². The van der Waals surface area contributed by atoms with Gasteiger partial charge in [0.15, 0.2) is 0 Å². The molecule has 0 saturated heterocycles. The van der Waals surface area contributed by atoms with Gasteiger partial charge in [-0.05, 0) is 40.0 Å². The van der Waals surface area contributed by atoms with E-state index in [1.165, 1.54) is 0 Å². The summed E-state index contributed by atoms with van der Waals surface area (Å²) in [6.07, 6.45) is 0. The molecule has 1 aromatic carbocycles. The molecule has 0 atom stereocenters. The Hall–Kier alpha value is -0.0500. The van der Waals surface area contributed by atoms with E-state index in [1.54, 1.807) is 0 Å². The maximum atomic E-state index is 8.86. The summed E-state index contributed by atoms with van der Waals surface area (Å²) in [5.74, 6) is 0. The zero-order valence-corrected chi connectivity index (χ0v) is 8.41. The minimum Gasteiger partial charge on any atom is -0.392 e. The van der Waals surface area contributed by atoms with Gasteiger partial charge in [0.2, 0.25) is 0 Å². The Morgan fingerprint density at radius 2 is 2.18 bits per heavy atom. The van der Waals surface area contributed by atoms with Crippen LogP contribution >= 0.6 is 27.5 Å². The molecule has 0 amide bonds. The highest BCUT2D eigenvalue weighted by Gasteiger charge is 2.04. The van der Waals surface area contributed by atoms with Crippen molar-refractivity contribution >= 4 is 27.5 Å². The maximum absolute atomic E-state index is 8.86. The van der Waals surface area contributed by atoms with Crippen LogP contribution in [0.15, 0.2) is 16.6 Å². The van der Waals surface area contributed by atoms with Gasteiger partial charge >= 0.3 is 0 Å². The van der Waals surface area contributed by atoms with Gasteiger partial charge in [-0.25, -0.2) is 0 Å². The van der Waals surface area contributed by atoms with Crippen LogP contribution in [0.1, 0.15) is 11.1 Å². The summed E-state index contributed by atoms with van der Waals surface area (Å²) in [6.45, 7) is 1.93. The molecule has 0 spiro atoms. The lowest BCUT2D eigenvalue weighted by Gasteiger charge is -2.05. The topological polar surface area (TPSA) is 20.2 Å². The van der Waals surface area contributed by atoms with E-state index < -0.39 is 0 Å². The minimum atomic E-state index is 0.0405. The molecule has 0 bridgehead atoms. The lowest BCUT2D eigenvalue weighted by Crippen LogP contribution is -1.89. The van der Waals surface area contributed by atoms with Crippen LogP contribution < -0.4 is 0 Å². The van der Waals surface area contributed by atoms with Crippen LogP contribution in [0, 0.1) is 6.92 Å². The van der Waals surface area contributed by atoms with Crippen LogP contribution in [-0.2, 0) is 6.61 Å². The summed E-state index contributed by atoms with van der Waals surface area (Å²) in [4.78, 5) is 0. The third-order valence-corrected chi connectivity index (χ3v) is 3.00. The van der Waals surface area contributed by atoms with Crippen molar-refractivity contribution in [2.45, 2.75) is 13.5 Å². The number of benzene rings is 1. The highest BCUT2D eigenvalue weighted by atomic mass is 79.9. The fourth-order valence-corrected chi connectivity index (χ4v) is 1.48. The lowest BCUT2D eigenvalue weighted by atomic mass is 10.1. The molecule has 0 fully saturated rings. The Bertz CT molecular complexity index is 273. The van der Waals surface area contributed by atoms with Crippen molar-refractivity contribution in [2.24, 2.45) is 0 Å². The van der Waals surface area contributed by atoms with Crippen LogP contribution in [0.5, 0.6) is 0 Å². The van der Waals surface area contributed by atoms with Gasteiger partial charge in [-0.3, -0.25) is 0 Å². The molecule has 0 unspecified atom stereocenters. The SMILES string of the molecule is Cc1c(CO)ccc(Br)c1Cl. The van der Waals surface area contributed by atoms with E-state index in [2.05, 4.69) is 15.9 Å². The smallest absolute Gasteiger partial charge is 0.0684 e. The first-order valence-electron chi connectivity index (χ1n) is 3.21. The fourth-order valence-electron chi connectivity index (χ4n) is 0.863. The van der Waals surface area contributed by atoms with Crippen LogP contribution in [0.4, 0.5) is 0 Å². The van der Waals surface area contributed by atoms with Crippen molar-refractivity contribution in [1.82, 2.24) is 0 Å². The van der Waals surface area contributed by atoms with Crippen molar-refractivity contribution in [3.05, 3.63) is 32.8 Å². The molecule has 1 rings (SSSR count). The normalized spacial score (nSPS) is 10.2. The molecule has 0 radical (unpaired) electrons. The van der Waals surface area contributed by atoms with Gasteiger partial charge in [-0.2, -0.15) is 0 Å². The van der Waals surface area contributed by atoms with E-state index in [0.717, 1.165) is 15.6 Å². The van der Waals surface area contributed by atoms with Gasteiger partial charge in [0.05, 0.1) is 11.6 Å². The second-order valence-electron chi connectivity index (χ2n) is 2.30. The molecule has 0 aromatic heterocycles. The minimum absolute atomic E-state index is 0.0405. The maximum Gasteiger partial charge on any atom is 0.0684 e. The molecule has 3 heteroatoms. The zero-order chi connectivity index (χ0) is 8.43. The largest absolute Gasteiger partial charge is 0.392 e. The van der Waals surface area contributed by atoms with Gasteiger partial charge in [-0.1, -0.05) is 17.7 Å². The van der Waals surface area contributed by atoms with E-state index >= 15 is 0 Å². The first-order chi connectivity index (χ1) is 5.16. The van der Waals surface area contributed by atoms with Crippen molar-refractivity contribution in [3.8, 4) is 0 Å². The molecule has 0 heterocycles. The molecule has 0 saturated carbocycles. The number of hydrogen-bond acceptors (Lipinski definition) is 1. The third-order valence-electron chi connectivity index (χ3n) is 1.62. The van der Waals surface area contributed by atoms with Crippen molar-refractivity contribution < 1.29 is 5.11 Å². The molecule has 60 valence electrons. The van der Waals surface area contributed by atoms with E-state index in [-0.39, 0.29) is 6.61 Å². The molecule has 1 N–H and O–H groups in total. The summed E-state index contributed by atoms with van der Waals surface area (Å²) in [7, 11) is 0. The molecule has 1 aromatic rings. The second kappa shape index (κ2) is 3.57. The summed E-state index contributed by atoms with van der Waals surface area (Å²) in [5.41, 5.74) is 1.81. The summed E-state index contributed by atoms with van der Waals surface area (Å²) >= 11 is 9.20. The molecule has 0 aliphatic heterocycles. The Balaban J connectivity index is 3.25. The Morgan fingerprint density at radius 3 is 2.73 bits per heavy atom. The Morgan fingerprint density at radius 1 is 1.55 bits per heavy atom. The van der Waals surface area contributed by atoms with E-state index in [1.807, 2.05) is 19.1 Å². The van der Waals surface area contributed by atoms with Gasteiger partial charge in [-0.15, -0.1) is 0 Å². The summed E-state index contributed by atoms with van der Waals surface area (Å²) in [6, 6.07) is 3.69. The number of hydrogen-bond donors (Lipinski definition) is 1.